The summed E-state index contributed by atoms with van der Waals surface area (Å²) < 4.78 is 0.915. The predicted molar refractivity (Wildman–Crippen MR) is 101 cm³/mol. The summed E-state index contributed by atoms with van der Waals surface area (Å²) in [6.07, 6.45) is 1.25. The average Bonchev–Trinajstić information content (AvgIpc) is 2.97. The molecule has 0 radical (unpaired) electrons. The average molecular weight is 386 g/mol. The van der Waals surface area contributed by atoms with Crippen LogP contribution in [-0.4, -0.2) is 64.9 Å². The molecule has 0 unspecified atom stereocenters. The molecular formula is C16H27N5O2S2. The number of carbonyl (C=O) groups is 2. The molecule has 2 rings (SSSR count). The highest BCUT2D eigenvalue weighted by molar-refractivity contribution is 8.01. The van der Waals surface area contributed by atoms with Gasteiger partial charge in [-0.05, 0) is 25.8 Å². The van der Waals surface area contributed by atoms with Crippen LogP contribution >= 0.6 is 23.1 Å². The first-order valence-electron chi connectivity index (χ1n) is 8.67. The molecule has 1 aliphatic rings. The maximum atomic E-state index is 12.2. The second kappa shape index (κ2) is 10.1. The number of amides is 2. The van der Waals surface area contributed by atoms with Gasteiger partial charge in [-0.3, -0.25) is 14.5 Å². The summed E-state index contributed by atoms with van der Waals surface area (Å²) in [6, 6.07) is -0.356. The Morgan fingerprint density at radius 3 is 2.96 bits per heavy atom. The summed E-state index contributed by atoms with van der Waals surface area (Å²) in [4.78, 5) is 26.5. The number of nitrogens with one attached hydrogen (secondary N) is 2. The lowest BCUT2D eigenvalue weighted by atomic mass is 10.1. The lowest BCUT2D eigenvalue weighted by Crippen LogP contribution is -2.56. The first-order chi connectivity index (χ1) is 12.0. The smallest absolute Gasteiger partial charge is 0.237 e. The lowest BCUT2D eigenvalue weighted by molar-refractivity contribution is -0.134. The maximum Gasteiger partial charge on any atom is 0.237 e. The zero-order valence-electron chi connectivity index (χ0n) is 15.1. The van der Waals surface area contributed by atoms with Crippen molar-refractivity contribution in [3.05, 3.63) is 5.01 Å². The van der Waals surface area contributed by atoms with Gasteiger partial charge in [-0.25, -0.2) is 0 Å². The Bertz CT molecular complexity index is 579. The van der Waals surface area contributed by atoms with E-state index in [4.69, 9.17) is 0 Å². The fourth-order valence-electron chi connectivity index (χ4n) is 2.59. The van der Waals surface area contributed by atoms with Crippen molar-refractivity contribution >= 4 is 34.9 Å². The molecule has 1 aliphatic heterocycles. The number of nitrogens with zero attached hydrogens (tertiary/aromatic N) is 3. The number of rotatable bonds is 9. The van der Waals surface area contributed by atoms with Crippen LogP contribution in [0.1, 0.15) is 31.7 Å². The predicted octanol–water partition coefficient (Wildman–Crippen LogP) is 1.29. The van der Waals surface area contributed by atoms with Crippen molar-refractivity contribution in [1.29, 1.82) is 0 Å². The van der Waals surface area contributed by atoms with E-state index in [1.165, 1.54) is 0 Å². The molecule has 140 valence electrons. The Hall–Kier alpha value is -1.19. The van der Waals surface area contributed by atoms with Crippen LogP contribution in [0.2, 0.25) is 0 Å². The Morgan fingerprint density at radius 1 is 1.48 bits per heavy atom. The van der Waals surface area contributed by atoms with Crippen LogP contribution in [0, 0.1) is 12.8 Å². The van der Waals surface area contributed by atoms with E-state index in [-0.39, 0.29) is 24.3 Å². The summed E-state index contributed by atoms with van der Waals surface area (Å²) in [5.74, 6) is 1.21. The molecule has 1 saturated heterocycles. The number of aryl methyl sites for hydroxylation is 1. The Kier molecular flexibility index (Phi) is 8.11. The van der Waals surface area contributed by atoms with E-state index in [0.717, 1.165) is 34.6 Å². The van der Waals surface area contributed by atoms with Gasteiger partial charge in [0.15, 0.2) is 4.34 Å². The second-order valence-electron chi connectivity index (χ2n) is 6.51. The second-order valence-corrected chi connectivity index (χ2v) is 9.04. The minimum absolute atomic E-state index is 0.0381. The third-order valence-corrected chi connectivity index (χ3v) is 5.95. The van der Waals surface area contributed by atoms with Gasteiger partial charge in [0.05, 0.1) is 12.5 Å². The van der Waals surface area contributed by atoms with Crippen LogP contribution in [-0.2, 0) is 9.59 Å². The molecule has 1 fully saturated rings. The zero-order valence-corrected chi connectivity index (χ0v) is 16.7. The molecule has 1 aromatic rings. The van der Waals surface area contributed by atoms with Gasteiger partial charge in [0, 0.05) is 25.4 Å². The molecule has 9 heteroatoms. The number of hydrogen-bond donors (Lipinski definition) is 2. The maximum absolute atomic E-state index is 12.2. The van der Waals surface area contributed by atoms with Crippen LogP contribution in [0.4, 0.5) is 0 Å². The minimum atomic E-state index is -0.356. The number of carbonyl (C=O) groups excluding carboxylic acids is 2. The SMILES string of the molecule is Cc1nnc(SCCNC(=O)C[C@H]2C(=O)NCCN2CCC(C)C)s1. The van der Waals surface area contributed by atoms with Gasteiger partial charge in [0.25, 0.3) is 0 Å². The van der Waals surface area contributed by atoms with Gasteiger partial charge in [0.1, 0.15) is 5.01 Å². The molecule has 0 saturated carbocycles. The first-order valence-corrected chi connectivity index (χ1v) is 10.5. The largest absolute Gasteiger partial charge is 0.355 e. The summed E-state index contributed by atoms with van der Waals surface area (Å²) >= 11 is 3.13. The van der Waals surface area contributed by atoms with Crippen LogP contribution in [0.3, 0.4) is 0 Å². The quantitative estimate of drug-likeness (QED) is 0.492. The van der Waals surface area contributed by atoms with Gasteiger partial charge in [0.2, 0.25) is 11.8 Å². The van der Waals surface area contributed by atoms with Crippen LogP contribution in [0.25, 0.3) is 0 Å². The van der Waals surface area contributed by atoms with Crippen LogP contribution in [0.15, 0.2) is 4.34 Å². The van der Waals surface area contributed by atoms with Crippen LogP contribution < -0.4 is 10.6 Å². The van der Waals surface area contributed by atoms with Gasteiger partial charge in [-0.2, -0.15) is 0 Å². The van der Waals surface area contributed by atoms with Crippen molar-refractivity contribution < 1.29 is 9.59 Å². The number of thioether (sulfide) groups is 1. The van der Waals surface area contributed by atoms with E-state index in [9.17, 15) is 9.59 Å². The van der Waals surface area contributed by atoms with E-state index in [1.807, 2.05) is 6.92 Å². The monoisotopic (exact) mass is 385 g/mol. The molecule has 25 heavy (non-hydrogen) atoms. The number of hydrogen-bond acceptors (Lipinski definition) is 7. The lowest BCUT2D eigenvalue weighted by Gasteiger charge is -2.35. The molecular weight excluding hydrogens is 358 g/mol. The van der Waals surface area contributed by atoms with Gasteiger partial charge in [-0.15, -0.1) is 10.2 Å². The summed E-state index contributed by atoms with van der Waals surface area (Å²) in [5, 5.41) is 14.7. The molecule has 7 nitrogen and oxygen atoms in total. The van der Waals surface area contributed by atoms with Crippen molar-refractivity contribution in [3.63, 3.8) is 0 Å². The van der Waals surface area contributed by atoms with E-state index in [2.05, 4.69) is 39.6 Å². The summed E-state index contributed by atoms with van der Waals surface area (Å²) in [7, 11) is 0. The third-order valence-electron chi connectivity index (χ3n) is 3.97. The molecule has 0 aliphatic carbocycles. The molecule has 0 bridgehead atoms. The fourth-order valence-corrected chi connectivity index (χ4v) is 4.33. The fraction of sp³-hybridized carbons (Fsp3) is 0.750. The van der Waals surface area contributed by atoms with Gasteiger partial charge in [-0.1, -0.05) is 36.9 Å². The standard InChI is InChI=1S/C16H27N5O2S2/c1-11(2)4-7-21-8-5-18-15(23)13(21)10-14(22)17-6-9-24-16-20-19-12(3)25-16/h11,13H,4-10H2,1-3H3,(H,17,22)(H,18,23)/t13-/m0/s1. The summed E-state index contributed by atoms with van der Waals surface area (Å²) in [5.41, 5.74) is 0. The highest BCUT2D eigenvalue weighted by Gasteiger charge is 2.31. The Labute approximate surface area is 157 Å². The van der Waals surface area contributed by atoms with Crippen molar-refractivity contribution in [1.82, 2.24) is 25.7 Å². The van der Waals surface area contributed by atoms with E-state index in [1.54, 1.807) is 23.1 Å². The number of aromatic nitrogens is 2. The Morgan fingerprint density at radius 2 is 2.28 bits per heavy atom. The normalized spacial score (nSPS) is 18.4. The highest BCUT2D eigenvalue weighted by atomic mass is 32.2. The topological polar surface area (TPSA) is 87.2 Å². The van der Waals surface area contributed by atoms with Crippen LogP contribution in [0.5, 0.6) is 0 Å². The molecule has 2 N–H and O–H groups in total. The molecule has 2 heterocycles. The minimum Gasteiger partial charge on any atom is -0.355 e. The van der Waals surface area contributed by atoms with E-state index in [0.29, 0.717) is 19.0 Å². The van der Waals surface area contributed by atoms with Crippen molar-refractivity contribution in [2.45, 2.75) is 44.0 Å². The molecule has 1 aromatic heterocycles. The van der Waals surface area contributed by atoms with Gasteiger partial charge < -0.3 is 10.6 Å². The Balaban J connectivity index is 1.73. The van der Waals surface area contributed by atoms with Crippen molar-refractivity contribution in [2.24, 2.45) is 5.92 Å². The molecule has 0 aromatic carbocycles. The van der Waals surface area contributed by atoms with E-state index >= 15 is 0 Å². The first kappa shape index (κ1) is 20.1. The molecule has 0 spiro atoms. The zero-order chi connectivity index (χ0) is 18.2. The molecule has 2 amide bonds. The van der Waals surface area contributed by atoms with E-state index < -0.39 is 0 Å². The summed E-state index contributed by atoms with van der Waals surface area (Å²) in [6.45, 7) is 9.14. The third kappa shape index (κ3) is 6.91. The highest BCUT2D eigenvalue weighted by Crippen LogP contribution is 2.21. The van der Waals surface area contributed by atoms with Crippen molar-refractivity contribution in [3.8, 4) is 0 Å². The van der Waals surface area contributed by atoms with Gasteiger partial charge >= 0.3 is 0 Å². The molecule has 1 atom stereocenters. The number of piperazine rings is 1. The van der Waals surface area contributed by atoms with Crippen molar-refractivity contribution in [2.75, 3.05) is 31.9 Å².